The zero-order valence-electron chi connectivity index (χ0n) is 12.9. The lowest BCUT2D eigenvalue weighted by molar-refractivity contribution is 0.139. The van der Waals surface area contributed by atoms with E-state index >= 15 is 0 Å². The van der Waals surface area contributed by atoms with Crippen molar-refractivity contribution in [3.8, 4) is 0 Å². The molecular weight excluding hydrogens is 288 g/mol. The van der Waals surface area contributed by atoms with Gasteiger partial charge in [0.15, 0.2) is 0 Å². The van der Waals surface area contributed by atoms with Crippen LogP contribution in [0.5, 0.6) is 0 Å². The SMILES string of the molecule is CC1C=CC=CC1(C)S(=O)(=O)OC[C@H]1CC[C@H](CO)CC1. The van der Waals surface area contributed by atoms with Crippen molar-refractivity contribution in [3.63, 3.8) is 0 Å². The molecule has 0 saturated heterocycles. The standard InChI is InChI=1S/C16H26O4S/c1-13-5-3-4-10-16(13,2)21(18,19)20-12-15-8-6-14(11-17)7-9-15/h3-5,10,13-15,17H,6-9,11-12H2,1-2H3/t13?,14-,15-,16?. The molecule has 0 amide bonds. The number of allylic oxidation sites excluding steroid dienone is 3. The summed E-state index contributed by atoms with van der Waals surface area (Å²) in [6.45, 7) is 4.11. The van der Waals surface area contributed by atoms with Crippen LogP contribution in [-0.4, -0.2) is 31.5 Å². The van der Waals surface area contributed by atoms with Crippen LogP contribution >= 0.6 is 0 Å². The average Bonchev–Trinajstić information content (AvgIpc) is 2.48. The van der Waals surface area contributed by atoms with Crippen LogP contribution in [0.3, 0.4) is 0 Å². The highest BCUT2D eigenvalue weighted by atomic mass is 32.2. The first-order valence-corrected chi connectivity index (χ1v) is 9.15. The Labute approximate surface area is 128 Å². The van der Waals surface area contributed by atoms with Crippen LogP contribution in [0, 0.1) is 17.8 Å². The molecule has 1 fully saturated rings. The third-order valence-electron chi connectivity index (χ3n) is 5.06. The highest BCUT2D eigenvalue weighted by Crippen LogP contribution is 2.35. The third-order valence-corrected chi connectivity index (χ3v) is 7.10. The van der Waals surface area contributed by atoms with Gasteiger partial charge < -0.3 is 5.11 Å². The van der Waals surface area contributed by atoms with E-state index in [1.165, 1.54) is 0 Å². The van der Waals surface area contributed by atoms with Gasteiger partial charge in [-0.15, -0.1) is 0 Å². The van der Waals surface area contributed by atoms with Crippen LogP contribution in [0.25, 0.3) is 0 Å². The number of hydrogen-bond donors (Lipinski definition) is 1. The summed E-state index contributed by atoms with van der Waals surface area (Å²) < 4.78 is 29.5. The van der Waals surface area contributed by atoms with E-state index < -0.39 is 14.9 Å². The first-order valence-electron chi connectivity index (χ1n) is 7.75. The van der Waals surface area contributed by atoms with Crippen LogP contribution in [0.1, 0.15) is 39.5 Å². The number of hydrogen-bond acceptors (Lipinski definition) is 4. The van der Waals surface area contributed by atoms with Crippen LogP contribution in [-0.2, 0) is 14.3 Å². The molecule has 0 aromatic rings. The van der Waals surface area contributed by atoms with Gasteiger partial charge >= 0.3 is 0 Å². The minimum Gasteiger partial charge on any atom is -0.396 e. The Hall–Kier alpha value is -0.650. The fraction of sp³-hybridized carbons (Fsp3) is 0.750. The summed E-state index contributed by atoms with van der Waals surface area (Å²) in [5.41, 5.74) is 0. The van der Waals surface area contributed by atoms with Gasteiger partial charge in [-0.1, -0.05) is 31.2 Å². The molecule has 0 aromatic heterocycles. The van der Waals surface area contributed by atoms with E-state index in [9.17, 15) is 8.42 Å². The molecule has 2 atom stereocenters. The second-order valence-corrected chi connectivity index (χ2v) is 8.55. The second kappa shape index (κ2) is 6.63. The van der Waals surface area contributed by atoms with Gasteiger partial charge in [0.25, 0.3) is 10.1 Å². The van der Waals surface area contributed by atoms with Crippen molar-refractivity contribution < 1.29 is 17.7 Å². The molecule has 120 valence electrons. The predicted octanol–water partition coefficient (Wildman–Crippen LogP) is 2.65. The van der Waals surface area contributed by atoms with E-state index in [2.05, 4.69) is 0 Å². The smallest absolute Gasteiger partial charge is 0.277 e. The van der Waals surface area contributed by atoms with Gasteiger partial charge in [-0.2, -0.15) is 8.42 Å². The van der Waals surface area contributed by atoms with Crippen LogP contribution in [0.4, 0.5) is 0 Å². The lowest BCUT2D eigenvalue weighted by Crippen LogP contribution is -2.42. The zero-order valence-corrected chi connectivity index (χ0v) is 13.7. The van der Waals surface area contributed by atoms with E-state index in [1.54, 1.807) is 19.1 Å². The lowest BCUT2D eigenvalue weighted by atomic mass is 9.83. The first-order chi connectivity index (χ1) is 9.89. The number of aliphatic hydroxyl groups is 1. The van der Waals surface area contributed by atoms with E-state index in [0.717, 1.165) is 25.7 Å². The lowest BCUT2D eigenvalue weighted by Gasteiger charge is -2.33. The Morgan fingerprint density at radius 3 is 2.38 bits per heavy atom. The van der Waals surface area contributed by atoms with Crippen molar-refractivity contribution in [1.82, 2.24) is 0 Å². The summed E-state index contributed by atoms with van der Waals surface area (Å²) in [6.07, 6.45) is 11.0. The molecule has 2 rings (SSSR count). The molecule has 0 aliphatic heterocycles. The highest BCUT2D eigenvalue weighted by molar-refractivity contribution is 7.88. The largest absolute Gasteiger partial charge is 0.396 e. The van der Waals surface area contributed by atoms with Gasteiger partial charge in [0.2, 0.25) is 0 Å². The topological polar surface area (TPSA) is 63.6 Å². The Morgan fingerprint density at radius 2 is 1.81 bits per heavy atom. The fourth-order valence-electron chi connectivity index (χ4n) is 3.02. The Morgan fingerprint density at radius 1 is 1.19 bits per heavy atom. The maximum atomic E-state index is 12.5. The third kappa shape index (κ3) is 3.58. The fourth-order valence-corrected chi connectivity index (χ4v) is 4.43. The van der Waals surface area contributed by atoms with Crippen molar-refractivity contribution in [3.05, 3.63) is 24.3 Å². The van der Waals surface area contributed by atoms with Crippen molar-refractivity contribution in [2.24, 2.45) is 17.8 Å². The van der Waals surface area contributed by atoms with Crippen LogP contribution in [0.2, 0.25) is 0 Å². The molecule has 1 saturated carbocycles. The molecule has 0 heterocycles. The quantitative estimate of drug-likeness (QED) is 0.792. The molecular formula is C16H26O4S. The van der Waals surface area contributed by atoms with Crippen molar-refractivity contribution in [1.29, 1.82) is 0 Å². The summed E-state index contributed by atoms with van der Waals surface area (Å²) in [5, 5.41) is 9.13. The molecule has 21 heavy (non-hydrogen) atoms. The maximum absolute atomic E-state index is 12.5. The number of rotatable bonds is 5. The monoisotopic (exact) mass is 314 g/mol. The summed E-state index contributed by atoms with van der Waals surface area (Å²) in [4.78, 5) is 0. The van der Waals surface area contributed by atoms with E-state index in [1.807, 2.05) is 19.1 Å². The minimum atomic E-state index is -3.64. The van der Waals surface area contributed by atoms with Gasteiger partial charge in [0.1, 0.15) is 4.75 Å². The highest BCUT2D eigenvalue weighted by Gasteiger charge is 2.43. The van der Waals surface area contributed by atoms with E-state index in [0.29, 0.717) is 5.92 Å². The van der Waals surface area contributed by atoms with E-state index in [4.69, 9.17) is 9.29 Å². The molecule has 2 aliphatic rings. The molecule has 5 heteroatoms. The molecule has 4 nitrogen and oxygen atoms in total. The minimum absolute atomic E-state index is 0.0994. The summed E-state index contributed by atoms with van der Waals surface area (Å²) >= 11 is 0. The Bertz CT molecular complexity index is 500. The molecule has 0 radical (unpaired) electrons. The van der Waals surface area contributed by atoms with Crippen molar-refractivity contribution in [2.75, 3.05) is 13.2 Å². The first kappa shape index (κ1) is 16.7. The molecule has 0 aromatic carbocycles. The Balaban J connectivity index is 1.93. The van der Waals surface area contributed by atoms with Gasteiger partial charge in [-0.25, -0.2) is 0 Å². The van der Waals surface area contributed by atoms with Crippen LogP contribution < -0.4 is 0 Å². The summed E-state index contributed by atoms with van der Waals surface area (Å²) in [7, 11) is -3.64. The van der Waals surface area contributed by atoms with Crippen molar-refractivity contribution >= 4 is 10.1 Å². The molecule has 0 spiro atoms. The second-order valence-electron chi connectivity index (χ2n) is 6.52. The molecule has 2 unspecified atom stereocenters. The molecule has 1 N–H and O–H groups in total. The molecule has 0 bridgehead atoms. The van der Waals surface area contributed by atoms with Crippen LogP contribution in [0.15, 0.2) is 24.3 Å². The maximum Gasteiger partial charge on any atom is 0.277 e. The predicted molar refractivity (Wildman–Crippen MR) is 83.3 cm³/mol. The van der Waals surface area contributed by atoms with Gasteiger partial charge in [0.05, 0.1) is 6.61 Å². The van der Waals surface area contributed by atoms with Crippen molar-refractivity contribution in [2.45, 2.75) is 44.3 Å². The normalized spacial score (nSPS) is 36.8. The van der Waals surface area contributed by atoms with Gasteiger partial charge in [-0.05, 0) is 50.4 Å². The number of aliphatic hydroxyl groups excluding tert-OH is 1. The van der Waals surface area contributed by atoms with E-state index in [-0.39, 0.29) is 25.0 Å². The summed E-state index contributed by atoms with van der Waals surface area (Å²) in [5.74, 6) is 0.559. The zero-order chi connectivity index (χ0) is 15.5. The average molecular weight is 314 g/mol. The Kier molecular flexibility index (Phi) is 5.28. The van der Waals surface area contributed by atoms with Gasteiger partial charge in [-0.3, -0.25) is 4.18 Å². The van der Waals surface area contributed by atoms with Gasteiger partial charge in [0, 0.05) is 6.61 Å². The summed E-state index contributed by atoms with van der Waals surface area (Å²) in [6, 6.07) is 0. The molecule has 2 aliphatic carbocycles.